The number of amides is 2. The molecule has 1 aliphatic rings. The molecule has 0 radical (unpaired) electrons. The number of hydrogen-bond donors (Lipinski definition) is 3. The van der Waals surface area contributed by atoms with E-state index in [2.05, 4.69) is 20.6 Å². The molecule has 4 rings (SSSR count). The van der Waals surface area contributed by atoms with Crippen molar-refractivity contribution in [3.63, 3.8) is 0 Å². The zero-order valence-corrected chi connectivity index (χ0v) is 19.3. The van der Waals surface area contributed by atoms with E-state index < -0.39 is 56.1 Å². The van der Waals surface area contributed by atoms with Gasteiger partial charge in [-0.3, -0.25) is 4.90 Å². The molecule has 3 heterocycles. The summed E-state index contributed by atoms with van der Waals surface area (Å²) in [5.74, 6) is -3.95. The number of nitrogens with zero attached hydrogens (tertiary/aromatic N) is 2. The molecule has 1 fully saturated rings. The molecule has 0 aliphatic carbocycles. The first kappa shape index (κ1) is 25.6. The summed E-state index contributed by atoms with van der Waals surface area (Å²) < 4.78 is 97.6. The predicted molar refractivity (Wildman–Crippen MR) is 119 cm³/mol. The molecule has 1 aliphatic heterocycles. The number of rotatable bonds is 6. The van der Waals surface area contributed by atoms with Gasteiger partial charge in [0.25, 0.3) is 0 Å². The molecular weight excluding hydrogens is 513 g/mol. The molecule has 3 aromatic rings. The third kappa shape index (κ3) is 5.84. The van der Waals surface area contributed by atoms with E-state index in [1.54, 1.807) is 4.90 Å². The molecule has 0 unspecified atom stereocenters. The van der Waals surface area contributed by atoms with Gasteiger partial charge in [0.2, 0.25) is 0 Å². The van der Waals surface area contributed by atoms with Crippen LogP contribution in [0.4, 0.5) is 32.4 Å². The maximum atomic E-state index is 14.6. The van der Waals surface area contributed by atoms with Crippen LogP contribution < -0.4 is 15.4 Å². The molecule has 1 saturated heterocycles. The summed E-state index contributed by atoms with van der Waals surface area (Å²) in [5, 5.41) is 4.20. The second-order valence-corrected chi connectivity index (χ2v) is 10.2. The summed E-state index contributed by atoms with van der Waals surface area (Å²) in [6.45, 7) is 0.919. The van der Waals surface area contributed by atoms with Crippen molar-refractivity contribution in [1.82, 2.24) is 20.2 Å². The fourth-order valence-corrected chi connectivity index (χ4v) is 5.28. The summed E-state index contributed by atoms with van der Waals surface area (Å²) in [7, 11) is -3.14. The lowest BCUT2D eigenvalue weighted by atomic mass is 10.2. The number of aromatic nitrogens is 2. The van der Waals surface area contributed by atoms with E-state index >= 15 is 0 Å². The van der Waals surface area contributed by atoms with Gasteiger partial charge in [0.15, 0.2) is 27.2 Å². The van der Waals surface area contributed by atoms with E-state index in [0.717, 1.165) is 24.4 Å². The molecular formula is C21H20F5N5O4S. The first-order valence-electron chi connectivity index (χ1n) is 10.6. The summed E-state index contributed by atoms with van der Waals surface area (Å²) in [6, 6.07) is 1.74. The van der Waals surface area contributed by atoms with E-state index in [0.29, 0.717) is 19.2 Å². The number of sulfone groups is 1. The van der Waals surface area contributed by atoms with Crippen molar-refractivity contribution in [3.05, 3.63) is 47.8 Å². The zero-order valence-electron chi connectivity index (χ0n) is 18.5. The van der Waals surface area contributed by atoms with Crippen molar-refractivity contribution in [2.24, 2.45) is 0 Å². The molecule has 0 spiro atoms. The summed E-state index contributed by atoms with van der Waals surface area (Å²) in [4.78, 5) is 19.8. The van der Waals surface area contributed by atoms with Gasteiger partial charge in [0.05, 0.1) is 16.7 Å². The van der Waals surface area contributed by atoms with Crippen molar-refractivity contribution in [3.8, 4) is 11.5 Å². The fraction of sp³-hybridized carbons (Fsp3) is 0.333. The highest BCUT2D eigenvalue weighted by atomic mass is 32.2. The first-order chi connectivity index (χ1) is 16.9. The standard InChI is InChI=1S/C21H20F5N5O4S/c22-14-8-12(30-20(32)28-4-6-31-5-1-7-36(33,34)11-31)9-15(23)18(14)35-16-2-3-27-19-17(16)13(10-29-19)21(24,25)26/h2-3,8-10H,1,4-7,11H2,(H,27,29)(H2,28,30,32). The Balaban J connectivity index is 1.43. The number of fused-ring (bicyclic) bond motifs is 1. The quantitative estimate of drug-likeness (QED) is 0.415. The molecule has 2 aromatic heterocycles. The number of halogens is 5. The molecule has 15 heteroatoms. The minimum Gasteiger partial charge on any atom is -0.450 e. The highest BCUT2D eigenvalue weighted by Gasteiger charge is 2.35. The first-order valence-corrected chi connectivity index (χ1v) is 12.4. The molecule has 0 bridgehead atoms. The SMILES string of the molecule is O=C(NCCN1CCCS(=O)(=O)C1)Nc1cc(F)c(Oc2ccnc3[nH]cc(C(F)(F)F)c23)c(F)c1. The second-order valence-electron chi connectivity index (χ2n) is 8.03. The Hall–Kier alpha value is -3.46. The van der Waals surface area contributed by atoms with E-state index in [9.17, 15) is 35.2 Å². The molecule has 194 valence electrons. The highest BCUT2D eigenvalue weighted by molar-refractivity contribution is 7.91. The number of pyridine rings is 1. The van der Waals surface area contributed by atoms with Crippen molar-refractivity contribution in [1.29, 1.82) is 0 Å². The van der Waals surface area contributed by atoms with Gasteiger partial charge in [-0.2, -0.15) is 13.2 Å². The number of ether oxygens (including phenoxy) is 1. The number of alkyl halides is 3. The molecule has 9 nitrogen and oxygen atoms in total. The van der Waals surface area contributed by atoms with Crippen LogP contribution in [0.1, 0.15) is 12.0 Å². The lowest BCUT2D eigenvalue weighted by Crippen LogP contribution is -2.42. The number of nitrogens with one attached hydrogen (secondary N) is 3. The topological polar surface area (TPSA) is 116 Å². The number of benzene rings is 1. The van der Waals surface area contributed by atoms with Crippen molar-refractivity contribution >= 4 is 32.6 Å². The van der Waals surface area contributed by atoms with Crippen molar-refractivity contribution in [2.45, 2.75) is 12.6 Å². The average molecular weight is 533 g/mol. The van der Waals surface area contributed by atoms with Gasteiger partial charge in [-0.1, -0.05) is 0 Å². The molecule has 0 saturated carbocycles. The Morgan fingerprint density at radius 2 is 1.94 bits per heavy atom. The summed E-state index contributed by atoms with van der Waals surface area (Å²) >= 11 is 0. The lowest BCUT2D eigenvalue weighted by Gasteiger charge is -2.26. The largest absolute Gasteiger partial charge is 0.450 e. The van der Waals surface area contributed by atoms with Crippen molar-refractivity contribution in [2.75, 3.05) is 36.6 Å². The predicted octanol–water partition coefficient (Wildman–Crippen LogP) is 3.85. The Kier molecular flexibility index (Phi) is 7.04. The normalized spacial score (nSPS) is 16.1. The van der Waals surface area contributed by atoms with Crippen LogP contribution in [0.2, 0.25) is 0 Å². The number of H-pyrrole nitrogens is 1. The van der Waals surface area contributed by atoms with Gasteiger partial charge in [-0.15, -0.1) is 0 Å². The van der Waals surface area contributed by atoms with Crippen LogP contribution in [0.5, 0.6) is 11.5 Å². The van der Waals surface area contributed by atoms with Crippen LogP contribution in [0.25, 0.3) is 11.0 Å². The smallest absolute Gasteiger partial charge is 0.418 e. The van der Waals surface area contributed by atoms with Crippen LogP contribution in [0.3, 0.4) is 0 Å². The van der Waals surface area contributed by atoms with Gasteiger partial charge in [-0.25, -0.2) is 27.0 Å². The maximum absolute atomic E-state index is 14.6. The summed E-state index contributed by atoms with van der Waals surface area (Å²) in [5.41, 5.74) is -1.57. The number of urea groups is 1. The number of carbonyl (C=O) groups is 1. The second kappa shape index (κ2) is 9.89. The zero-order chi connectivity index (χ0) is 26.1. The average Bonchev–Trinajstić information content (AvgIpc) is 3.21. The molecule has 3 N–H and O–H groups in total. The van der Waals surface area contributed by atoms with Crippen LogP contribution in [0, 0.1) is 11.6 Å². The highest BCUT2D eigenvalue weighted by Crippen LogP contribution is 2.40. The summed E-state index contributed by atoms with van der Waals surface area (Å²) in [6.07, 6.45) is -2.48. The molecule has 0 atom stereocenters. The maximum Gasteiger partial charge on any atom is 0.418 e. The third-order valence-corrected chi connectivity index (χ3v) is 7.00. The molecule has 1 aromatic carbocycles. The van der Waals surface area contributed by atoms with E-state index in [1.807, 2.05) is 0 Å². The fourth-order valence-electron chi connectivity index (χ4n) is 3.77. The molecule has 36 heavy (non-hydrogen) atoms. The molecule has 2 amide bonds. The van der Waals surface area contributed by atoms with Crippen molar-refractivity contribution < 1.29 is 39.9 Å². The lowest BCUT2D eigenvalue weighted by molar-refractivity contribution is -0.136. The van der Waals surface area contributed by atoms with Gasteiger partial charge in [-0.05, 0) is 12.5 Å². The Morgan fingerprint density at radius 3 is 2.61 bits per heavy atom. The van der Waals surface area contributed by atoms with Gasteiger partial charge < -0.3 is 20.4 Å². The van der Waals surface area contributed by atoms with E-state index in [-0.39, 0.29) is 36.1 Å². The minimum atomic E-state index is -4.76. The Labute approximate surface area is 201 Å². The van der Waals surface area contributed by atoms with Gasteiger partial charge in [0.1, 0.15) is 17.3 Å². The number of anilines is 1. The van der Waals surface area contributed by atoms with E-state index in [4.69, 9.17) is 4.74 Å². The van der Waals surface area contributed by atoms with Crippen LogP contribution in [0.15, 0.2) is 30.6 Å². The number of aromatic amines is 1. The van der Waals surface area contributed by atoms with Crippen LogP contribution >= 0.6 is 0 Å². The number of carbonyl (C=O) groups excluding carboxylic acids is 1. The third-order valence-electron chi connectivity index (χ3n) is 5.33. The van der Waals surface area contributed by atoms with E-state index in [1.165, 1.54) is 0 Å². The van der Waals surface area contributed by atoms with Gasteiger partial charge in [0, 0.05) is 49.8 Å². The van der Waals surface area contributed by atoms with Crippen LogP contribution in [-0.4, -0.2) is 60.6 Å². The Bertz CT molecular complexity index is 1370. The van der Waals surface area contributed by atoms with Crippen LogP contribution in [-0.2, 0) is 16.0 Å². The minimum absolute atomic E-state index is 0.0871. The monoisotopic (exact) mass is 533 g/mol. The van der Waals surface area contributed by atoms with Gasteiger partial charge >= 0.3 is 12.2 Å². The number of hydrogen-bond acceptors (Lipinski definition) is 6. The Morgan fingerprint density at radius 1 is 1.22 bits per heavy atom.